The zero-order valence-electron chi connectivity index (χ0n) is 18.7. The maximum Gasteiger partial charge on any atom is 0.264 e. The highest BCUT2D eigenvalue weighted by atomic mass is 79.9. The number of carbonyl (C=O) groups excluding carboxylic acids is 3. The summed E-state index contributed by atoms with van der Waals surface area (Å²) >= 11 is 28.4. The summed E-state index contributed by atoms with van der Waals surface area (Å²) < 4.78 is 11.8. The van der Waals surface area contributed by atoms with Gasteiger partial charge < -0.3 is 14.4 Å². The molecule has 0 aliphatic carbocycles. The molecule has 7 nitrogen and oxygen atoms in total. The van der Waals surface area contributed by atoms with E-state index in [2.05, 4.69) is 15.9 Å². The summed E-state index contributed by atoms with van der Waals surface area (Å²) in [7, 11) is 0. The van der Waals surface area contributed by atoms with E-state index < -0.39 is 29.8 Å². The van der Waals surface area contributed by atoms with Gasteiger partial charge in [0.2, 0.25) is 6.79 Å². The molecule has 0 radical (unpaired) electrons. The van der Waals surface area contributed by atoms with Crippen LogP contribution < -0.4 is 14.4 Å². The van der Waals surface area contributed by atoms with E-state index >= 15 is 0 Å². The average Bonchev–Trinajstić information content (AvgIpc) is 3.44. The fourth-order valence-electron chi connectivity index (χ4n) is 4.84. The lowest BCUT2D eigenvalue weighted by molar-refractivity contribution is -0.130. The Morgan fingerprint density at radius 1 is 0.784 bits per heavy atom. The molecule has 3 heterocycles. The molecule has 0 unspecified atom stereocenters. The van der Waals surface area contributed by atoms with Crippen molar-refractivity contribution in [1.29, 1.82) is 0 Å². The zero-order valence-corrected chi connectivity index (χ0v) is 23.3. The van der Waals surface area contributed by atoms with Crippen LogP contribution in [0.1, 0.15) is 37.9 Å². The van der Waals surface area contributed by atoms with Crippen molar-refractivity contribution in [2.24, 2.45) is 0 Å². The summed E-state index contributed by atoms with van der Waals surface area (Å²) in [6, 6.07) is 8.76. The van der Waals surface area contributed by atoms with E-state index in [4.69, 9.17) is 55.9 Å². The third-order valence-corrected chi connectivity index (χ3v) is 9.33. The maximum absolute atomic E-state index is 13.7. The lowest BCUT2D eigenvalue weighted by Gasteiger charge is -2.49. The highest BCUT2D eigenvalue weighted by Gasteiger charge is 2.58. The summed E-state index contributed by atoms with van der Waals surface area (Å²) in [5.41, 5.74) is 1.78. The quantitative estimate of drug-likeness (QED) is 0.135. The van der Waals surface area contributed by atoms with Crippen LogP contribution in [0.3, 0.4) is 0 Å². The van der Waals surface area contributed by atoms with Gasteiger partial charge >= 0.3 is 0 Å². The number of amides is 3. The minimum atomic E-state index is -1.18. The average molecular weight is 643 g/mol. The molecule has 0 bridgehead atoms. The molecule has 0 N–H and O–H groups in total. The number of benzene rings is 3. The topological polar surface area (TPSA) is 76.2 Å². The maximum atomic E-state index is 13.7. The minimum absolute atomic E-state index is 0.0678. The molecule has 3 aliphatic heterocycles. The number of nitrogens with zero attached hydrogens (tertiary/aromatic N) is 2. The van der Waals surface area contributed by atoms with Crippen LogP contribution in [-0.4, -0.2) is 35.5 Å². The Bertz CT molecular complexity index is 1530. The van der Waals surface area contributed by atoms with Crippen molar-refractivity contribution in [2.75, 3.05) is 11.7 Å². The van der Waals surface area contributed by atoms with Gasteiger partial charge in [0, 0.05) is 10.2 Å². The van der Waals surface area contributed by atoms with E-state index in [0.29, 0.717) is 22.7 Å². The van der Waals surface area contributed by atoms with E-state index in [1.165, 1.54) is 4.90 Å². The molecule has 2 atom stereocenters. The minimum Gasteiger partial charge on any atom is -0.454 e. The summed E-state index contributed by atoms with van der Waals surface area (Å²) in [6.45, 7) is 1.96. The monoisotopic (exact) mass is 640 g/mol. The van der Waals surface area contributed by atoms with Gasteiger partial charge in [-0.3, -0.25) is 19.3 Å². The van der Waals surface area contributed by atoms with E-state index in [9.17, 15) is 14.4 Å². The number of fused-ring (bicyclic) bond motifs is 2. The van der Waals surface area contributed by atoms with E-state index in [1.54, 1.807) is 24.3 Å². The van der Waals surface area contributed by atoms with Crippen LogP contribution >= 0.6 is 62.3 Å². The molecule has 0 saturated carbocycles. The van der Waals surface area contributed by atoms with Crippen molar-refractivity contribution < 1.29 is 23.9 Å². The fraction of sp³-hybridized carbons (Fsp3) is 0.160. The van der Waals surface area contributed by atoms with Crippen molar-refractivity contribution in [1.82, 2.24) is 4.90 Å². The van der Waals surface area contributed by atoms with Crippen LogP contribution in [0.25, 0.3) is 0 Å². The Hall–Kier alpha value is -2.49. The number of hydrogen-bond donors (Lipinski definition) is 0. The smallest absolute Gasteiger partial charge is 0.264 e. The number of aryl methyl sites for hydroxylation is 1. The number of ether oxygens (including phenoxy) is 2. The van der Waals surface area contributed by atoms with Gasteiger partial charge in [-0.1, -0.05) is 68.4 Å². The third-order valence-electron chi connectivity index (χ3n) is 6.64. The Kier molecular flexibility index (Phi) is 5.89. The van der Waals surface area contributed by atoms with Crippen molar-refractivity contribution in [2.45, 2.75) is 19.0 Å². The molecule has 3 amide bonds. The predicted molar refractivity (Wildman–Crippen MR) is 142 cm³/mol. The van der Waals surface area contributed by atoms with E-state index in [-0.39, 0.29) is 38.0 Å². The first-order valence-corrected chi connectivity index (χ1v) is 13.1. The predicted octanol–water partition coefficient (Wildman–Crippen LogP) is 6.85. The first kappa shape index (κ1) is 24.8. The Balaban J connectivity index is 1.48. The van der Waals surface area contributed by atoms with Crippen LogP contribution in [-0.2, 0) is 4.79 Å². The number of rotatable bonds is 3. The largest absolute Gasteiger partial charge is 0.454 e. The molecule has 1 fully saturated rings. The molecule has 12 heteroatoms. The van der Waals surface area contributed by atoms with Gasteiger partial charge in [0.25, 0.3) is 17.7 Å². The van der Waals surface area contributed by atoms with Gasteiger partial charge in [-0.2, -0.15) is 0 Å². The highest BCUT2D eigenvalue weighted by molar-refractivity contribution is 9.10. The highest BCUT2D eigenvalue weighted by Crippen LogP contribution is 2.50. The number of carbonyl (C=O) groups is 3. The normalized spacial score (nSPS) is 20.0. The standard InChI is InChI=1S/C25H13BrCl4N2O5/c1-9-6-11(3-4-12(9)26)31-21(10-2-5-13-14(7-10)37-8-36-13)22(25(31)35)32-23(33)15-16(24(32)34)18(28)20(30)19(29)17(15)27/h2-7,21-22H,8H2,1H3/t21-,22+/m1/s1. The lowest BCUT2D eigenvalue weighted by Crippen LogP contribution is -2.67. The molecule has 3 aromatic rings. The molecule has 3 aromatic carbocycles. The molecular weight excluding hydrogens is 630 g/mol. The SMILES string of the molecule is Cc1cc(N2C(=O)[C@@H](N3C(=O)c4c(Cl)c(Cl)c(Cl)c(Cl)c4C3=O)[C@H]2c2ccc3c(c2)OCO3)ccc1Br. The van der Waals surface area contributed by atoms with Gasteiger partial charge in [-0.05, 0) is 48.4 Å². The number of β-lactam (4-membered cyclic amide) rings is 1. The van der Waals surface area contributed by atoms with Crippen LogP contribution in [0.15, 0.2) is 40.9 Å². The van der Waals surface area contributed by atoms with Crippen molar-refractivity contribution in [3.05, 3.63) is 83.2 Å². The first-order chi connectivity index (χ1) is 17.6. The molecule has 37 heavy (non-hydrogen) atoms. The van der Waals surface area contributed by atoms with Crippen LogP contribution in [0.5, 0.6) is 11.5 Å². The van der Waals surface area contributed by atoms with E-state index in [0.717, 1.165) is 14.9 Å². The number of halogens is 5. The van der Waals surface area contributed by atoms with Gasteiger partial charge in [0.1, 0.15) is 6.04 Å². The van der Waals surface area contributed by atoms with Gasteiger partial charge in [0.15, 0.2) is 11.5 Å². The third kappa shape index (κ3) is 3.50. The summed E-state index contributed by atoms with van der Waals surface area (Å²) in [5, 5.41) is -0.680. The molecule has 6 rings (SSSR count). The van der Waals surface area contributed by atoms with Gasteiger partial charge in [-0.25, -0.2) is 0 Å². The van der Waals surface area contributed by atoms with Crippen LogP contribution in [0.2, 0.25) is 20.1 Å². The van der Waals surface area contributed by atoms with Gasteiger partial charge in [-0.15, -0.1) is 0 Å². The fourth-order valence-corrected chi connectivity index (χ4v) is 6.10. The molecule has 3 aliphatic rings. The number of imide groups is 1. The second kappa shape index (κ2) is 8.78. The summed E-state index contributed by atoms with van der Waals surface area (Å²) in [4.78, 5) is 43.3. The number of anilines is 1. The lowest BCUT2D eigenvalue weighted by atomic mass is 9.86. The molecule has 0 spiro atoms. The molecular formula is C25H13BrCl4N2O5. The molecule has 188 valence electrons. The number of hydrogen-bond acceptors (Lipinski definition) is 5. The Morgan fingerprint density at radius 3 is 2.03 bits per heavy atom. The Morgan fingerprint density at radius 2 is 1.41 bits per heavy atom. The van der Waals surface area contributed by atoms with Crippen LogP contribution in [0, 0.1) is 6.92 Å². The second-order valence-corrected chi connectivity index (χ2v) is 11.0. The van der Waals surface area contributed by atoms with Crippen molar-refractivity contribution >= 4 is 85.7 Å². The summed E-state index contributed by atoms with van der Waals surface area (Å²) in [5.74, 6) is -0.958. The zero-order chi connectivity index (χ0) is 26.3. The molecule has 0 aromatic heterocycles. The van der Waals surface area contributed by atoms with E-state index in [1.807, 2.05) is 19.1 Å². The molecule has 1 saturated heterocycles. The van der Waals surface area contributed by atoms with Crippen molar-refractivity contribution in [3.8, 4) is 11.5 Å². The van der Waals surface area contributed by atoms with Gasteiger partial charge in [0.05, 0.1) is 37.3 Å². The van der Waals surface area contributed by atoms with Crippen LogP contribution in [0.4, 0.5) is 5.69 Å². The first-order valence-electron chi connectivity index (χ1n) is 10.8. The second-order valence-electron chi connectivity index (χ2n) is 8.63. The van der Waals surface area contributed by atoms with Crippen molar-refractivity contribution in [3.63, 3.8) is 0 Å². The Labute approximate surface area is 238 Å². The summed E-state index contributed by atoms with van der Waals surface area (Å²) in [6.07, 6.45) is 0.